The van der Waals surface area contributed by atoms with E-state index in [4.69, 9.17) is 9.47 Å². The fourth-order valence-corrected chi connectivity index (χ4v) is 10.6. The second kappa shape index (κ2) is 14.6. The summed E-state index contributed by atoms with van der Waals surface area (Å²) in [4.78, 5) is 69.3. The number of fused-ring (bicyclic) bond motifs is 2. The van der Waals surface area contributed by atoms with Crippen molar-refractivity contribution >= 4 is 40.0 Å². The van der Waals surface area contributed by atoms with Crippen LogP contribution < -0.4 is 30.1 Å². The Morgan fingerprint density at radius 1 is 0.883 bits per heavy atom. The standard InChI is InChI=1S/C46H54N8O6/c1-45(2,53-14-10-46(11-15-53)26-52(27-46)31-7-6-28-22-54(44(58)32(28)18-31)37-8-9-41(55)49-43(37)57)30-23-50(24-30)25-36-38(59-3)16-29(17-39(36)60-4)34-20-48-42(56)35-21-47-40(19-33(34)35)51-12-5-13-51/h6-7,16-21,30,37H,5,8-15,22-27H2,1-4H3,(H,48,56)(H,49,55,57). The van der Waals surface area contributed by atoms with E-state index in [9.17, 15) is 19.2 Å². The molecule has 3 amide bonds. The summed E-state index contributed by atoms with van der Waals surface area (Å²) >= 11 is 0. The maximum absolute atomic E-state index is 13.4. The number of methoxy groups -OCH3 is 2. The highest BCUT2D eigenvalue weighted by molar-refractivity contribution is 6.05. The third kappa shape index (κ3) is 6.50. The van der Waals surface area contributed by atoms with E-state index in [0.717, 1.165) is 129 Å². The predicted octanol–water partition coefficient (Wildman–Crippen LogP) is 4.39. The lowest BCUT2D eigenvalue weighted by atomic mass is 9.70. The number of ether oxygens (including phenoxy) is 2. The molecule has 14 heteroatoms. The molecule has 6 aliphatic rings. The van der Waals surface area contributed by atoms with Gasteiger partial charge in [0.15, 0.2) is 0 Å². The average molecular weight is 815 g/mol. The molecule has 60 heavy (non-hydrogen) atoms. The summed E-state index contributed by atoms with van der Waals surface area (Å²) in [5.74, 6) is 2.18. The molecule has 0 saturated carbocycles. The number of piperidine rings is 2. The third-order valence-electron chi connectivity index (χ3n) is 14.8. The molecular formula is C46H54N8O6. The molecule has 314 valence electrons. The number of pyridine rings is 2. The first-order chi connectivity index (χ1) is 28.9. The summed E-state index contributed by atoms with van der Waals surface area (Å²) < 4.78 is 12.0. The zero-order valence-corrected chi connectivity index (χ0v) is 35.0. The molecular weight excluding hydrogens is 761 g/mol. The van der Waals surface area contributed by atoms with Crippen molar-refractivity contribution in [1.29, 1.82) is 0 Å². The van der Waals surface area contributed by atoms with E-state index in [-0.39, 0.29) is 40.7 Å². The van der Waals surface area contributed by atoms with Gasteiger partial charge in [-0.05, 0) is 94.1 Å². The number of imide groups is 1. The van der Waals surface area contributed by atoms with Crippen LogP contribution in [0.15, 0.2) is 53.6 Å². The van der Waals surface area contributed by atoms with Crippen LogP contribution in [0.4, 0.5) is 11.5 Å². The zero-order valence-electron chi connectivity index (χ0n) is 35.0. The van der Waals surface area contributed by atoms with Crippen molar-refractivity contribution < 1.29 is 23.9 Å². The molecule has 1 spiro atoms. The number of nitrogens with one attached hydrogen (secondary N) is 2. The molecule has 0 aliphatic carbocycles. The zero-order chi connectivity index (χ0) is 41.5. The molecule has 4 aromatic rings. The van der Waals surface area contributed by atoms with Crippen LogP contribution in [0.3, 0.4) is 0 Å². The molecule has 2 aromatic heterocycles. The van der Waals surface area contributed by atoms with E-state index in [0.29, 0.717) is 29.8 Å². The first-order valence-corrected chi connectivity index (χ1v) is 21.5. The molecule has 0 radical (unpaired) electrons. The number of hydrogen-bond acceptors (Lipinski definition) is 11. The van der Waals surface area contributed by atoms with Gasteiger partial charge in [-0.2, -0.15) is 0 Å². The van der Waals surface area contributed by atoms with Crippen molar-refractivity contribution in [3.63, 3.8) is 0 Å². The molecule has 1 atom stereocenters. The Bertz CT molecular complexity index is 2430. The number of aromatic amines is 1. The predicted molar refractivity (Wildman–Crippen MR) is 229 cm³/mol. The van der Waals surface area contributed by atoms with Crippen LogP contribution in [0.1, 0.15) is 67.4 Å². The number of carbonyl (C=O) groups excluding carboxylic acids is 3. The van der Waals surface area contributed by atoms with E-state index >= 15 is 0 Å². The lowest BCUT2D eigenvalue weighted by Gasteiger charge is -2.59. The van der Waals surface area contributed by atoms with E-state index < -0.39 is 6.04 Å². The molecule has 6 aliphatic heterocycles. The minimum Gasteiger partial charge on any atom is -0.496 e. The molecule has 0 bridgehead atoms. The van der Waals surface area contributed by atoms with Gasteiger partial charge in [-0.3, -0.25) is 34.3 Å². The Labute approximate surface area is 349 Å². The lowest BCUT2D eigenvalue weighted by molar-refractivity contribution is -0.136. The smallest absolute Gasteiger partial charge is 0.257 e. The Morgan fingerprint density at radius 3 is 2.28 bits per heavy atom. The summed E-state index contributed by atoms with van der Waals surface area (Å²) in [6.45, 7) is 14.0. The van der Waals surface area contributed by atoms with Gasteiger partial charge in [-0.25, -0.2) is 4.98 Å². The second-order valence-electron chi connectivity index (χ2n) is 18.4. The summed E-state index contributed by atoms with van der Waals surface area (Å²) in [5.41, 5.74) is 5.70. The molecule has 8 heterocycles. The van der Waals surface area contributed by atoms with Gasteiger partial charge in [-0.1, -0.05) is 6.07 Å². The molecule has 1 unspecified atom stereocenters. The van der Waals surface area contributed by atoms with Gasteiger partial charge in [0.05, 0.1) is 25.2 Å². The van der Waals surface area contributed by atoms with E-state index in [1.54, 1.807) is 31.5 Å². The topological polar surface area (TPSA) is 144 Å². The molecule has 2 aromatic carbocycles. The molecule has 10 rings (SSSR count). The van der Waals surface area contributed by atoms with Crippen LogP contribution in [0.2, 0.25) is 0 Å². The molecule has 5 fully saturated rings. The van der Waals surface area contributed by atoms with Gasteiger partial charge in [0.1, 0.15) is 23.4 Å². The molecule has 5 saturated heterocycles. The highest BCUT2D eigenvalue weighted by Gasteiger charge is 2.50. The third-order valence-corrected chi connectivity index (χ3v) is 14.8. The fraction of sp³-hybridized carbons (Fsp3) is 0.500. The lowest BCUT2D eigenvalue weighted by Crippen LogP contribution is -2.66. The van der Waals surface area contributed by atoms with Crippen molar-refractivity contribution in [2.45, 2.75) is 70.6 Å². The Balaban J connectivity index is 0.755. The van der Waals surface area contributed by atoms with Gasteiger partial charge >= 0.3 is 0 Å². The minimum atomic E-state index is -0.597. The SMILES string of the molecule is COc1cc(-c2c[nH]c(=O)c3cnc(N4CCC4)cc23)cc(OC)c1CN1CC(C(C)(C)N2CCC3(CC2)CN(c2ccc4c(c2)C(=O)N(C2CCC(=O)NC2=O)C4)C3)C1. The number of H-pyrrole nitrogens is 1. The van der Waals surface area contributed by atoms with Gasteiger partial charge < -0.3 is 29.2 Å². The average Bonchev–Trinajstić information content (AvgIpc) is 3.52. The van der Waals surface area contributed by atoms with Crippen molar-refractivity contribution in [3.05, 3.63) is 75.8 Å². The van der Waals surface area contributed by atoms with Gasteiger partial charge in [0.25, 0.3) is 11.5 Å². The van der Waals surface area contributed by atoms with Gasteiger partial charge in [-0.15, -0.1) is 0 Å². The Morgan fingerprint density at radius 2 is 1.62 bits per heavy atom. The normalized spacial score (nSPS) is 22.1. The minimum absolute atomic E-state index is 0.0589. The first-order valence-electron chi connectivity index (χ1n) is 21.5. The summed E-state index contributed by atoms with van der Waals surface area (Å²) in [7, 11) is 3.41. The highest BCUT2D eigenvalue weighted by atomic mass is 16.5. The number of benzene rings is 2. The maximum atomic E-state index is 13.4. The van der Waals surface area contributed by atoms with Crippen LogP contribution in [0, 0.1) is 11.3 Å². The number of aromatic nitrogens is 2. The Hall–Kier alpha value is -5.47. The number of rotatable bonds is 10. The van der Waals surface area contributed by atoms with Crippen molar-refractivity contribution in [2.24, 2.45) is 11.3 Å². The number of nitrogens with zero attached hydrogens (tertiary/aromatic N) is 6. The van der Waals surface area contributed by atoms with Gasteiger partial charge in [0, 0.05) is 110 Å². The van der Waals surface area contributed by atoms with Crippen LogP contribution in [0.5, 0.6) is 11.5 Å². The van der Waals surface area contributed by atoms with Crippen molar-refractivity contribution in [2.75, 3.05) is 76.4 Å². The first kappa shape index (κ1) is 38.7. The number of hydrogen-bond donors (Lipinski definition) is 2. The monoisotopic (exact) mass is 814 g/mol. The number of amides is 3. The van der Waals surface area contributed by atoms with Crippen LogP contribution >= 0.6 is 0 Å². The van der Waals surface area contributed by atoms with Crippen molar-refractivity contribution in [3.8, 4) is 22.6 Å². The Kier molecular flexibility index (Phi) is 9.43. The quantitative estimate of drug-likeness (QED) is 0.220. The van der Waals surface area contributed by atoms with E-state index in [1.165, 1.54) is 0 Å². The fourth-order valence-electron chi connectivity index (χ4n) is 10.6. The molecule has 2 N–H and O–H groups in total. The van der Waals surface area contributed by atoms with Crippen LogP contribution in [-0.2, 0) is 22.7 Å². The maximum Gasteiger partial charge on any atom is 0.257 e. The number of carbonyl (C=O) groups is 3. The number of anilines is 2. The number of likely N-dealkylation sites (tertiary alicyclic amines) is 2. The van der Waals surface area contributed by atoms with E-state index in [1.807, 2.05) is 18.2 Å². The van der Waals surface area contributed by atoms with Crippen LogP contribution in [-0.4, -0.2) is 121 Å². The van der Waals surface area contributed by atoms with Gasteiger partial charge in [0.2, 0.25) is 11.8 Å². The summed E-state index contributed by atoms with van der Waals surface area (Å²) in [6, 6.07) is 11.7. The second-order valence-corrected chi connectivity index (χ2v) is 18.4. The largest absolute Gasteiger partial charge is 0.496 e. The van der Waals surface area contributed by atoms with Crippen molar-refractivity contribution in [1.82, 2.24) is 30.0 Å². The molecule has 14 nitrogen and oxygen atoms in total. The highest BCUT2D eigenvalue weighted by Crippen LogP contribution is 2.47. The summed E-state index contributed by atoms with van der Waals surface area (Å²) in [5, 5.41) is 3.81. The van der Waals surface area contributed by atoms with E-state index in [2.05, 4.69) is 66.9 Å². The summed E-state index contributed by atoms with van der Waals surface area (Å²) in [6.07, 6.45) is 7.54. The van der Waals surface area contributed by atoms with Crippen LogP contribution in [0.25, 0.3) is 21.9 Å².